The van der Waals surface area contributed by atoms with Crippen molar-refractivity contribution in [3.63, 3.8) is 0 Å². The third kappa shape index (κ3) is 3.91. The van der Waals surface area contributed by atoms with Gasteiger partial charge in [0.1, 0.15) is 6.67 Å². The maximum absolute atomic E-state index is 12.3. The molecule has 0 radical (unpaired) electrons. The van der Waals surface area contributed by atoms with Crippen LogP contribution in [0.25, 0.3) is 0 Å². The van der Waals surface area contributed by atoms with Crippen molar-refractivity contribution in [2.45, 2.75) is 13.6 Å². The number of anilines is 1. The van der Waals surface area contributed by atoms with E-state index < -0.39 is 10.8 Å². The number of amides is 1. The van der Waals surface area contributed by atoms with Gasteiger partial charge in [-0.1, -0.05) is 0 Å². The van der Waals surface area contributed by atoms with Crippen LogP contribution in [-0.4, -0.2) is 30.4 Å². The Kier molecular flexibility index (Phi) is 4.61. The second-order valence-corrected chi connectivity index (χ2v) is 6.21. The smallest absolute Gasteiger partial charge is 0.276 e. The SMILES string of the molecule is Cc1cc([N+](=O)[O-])ccc1NC(=O)c1ccn(Cn2cc(Br)cn2)n1. The molecule has 0 spiro atoms. The number of hydrogen-bond donors (Lipinski definition) is 1. The quantitative estimate of drug-likeness (QED) is 0.519. The molecule has 10 heteroatoms. The number of aryl methyl sites for hydroxylation is 1. The van der Waals surface area contributed by atoms with Crippen molar-refractivity contribution in [2.24, 2.45) is 0 Å². The third-order valence-electron chi connectivity index (χ3n) is 3.43. The van der Waals surface area contributed by atoms with Crippen LogP contribution in [0.3, 0.4) is 0 Å². The van der Waals surface area contributed by atoms with Gasteiger partial charge in [-0.15, -0.1) is 0 Å². The van der Waals surface area contributed by atoms with Gasteiger partial charge >= 0.3 is 0 Å². The molecule has 0 saturated heterocycles. The fourth-order valence-corrected chi connectivity index (χ4v) is 2.54. The molecule has 1 aromatic carbocycles. The zero-order valence-corrected chi connectivity index (χ0v) is 14.7. The summed E-state index contributed by atoms with van der Waals surface area (Å²) in [5.74, 6) is -0.391. The number of halogens is 1. The highest BCUT2D eigenvalue weighted by atomic mass is 79.9. The van der Waals surface area contributed by atoms with E-state index >= 15 is 0 Å². The van der Waals surface area contributed by atoms with Crippen LogP contribution in [0, 0.1) is 17.0 Å². The van der Waals surface area contributed by atoms with Crippen molar-refractivity contribution in [1.29, 1.82) is 0 Å². The molecule has 128 valence electrons. The Morgan fingerprint density at radius 1 is 1.36 bits per heavy atom. The molecule has 1 N–H and O–H groups in total. The highest BCUT2D eigenvalue weighted by molar-refractivity contribution is 9.10. The highest BCUT2D eigenvalue weighted by Gasteiger charge is 2.13. The van der Waals surface area contributed by atoms with Gasteiger partial charge in [0.15, 0.2) is 5.69 Å². The fraction of sp³-hybridized carbons (Fsp3) is 0.133. The molecule has 0 saturated carbocycles. The minimum absolute atomic E-state index is 0.0230. The van der Waals surface area contributed by atoms with E-state index in [2.05, 4.69) is 31.4 Å². The number of carbonyl (C=O) groups excluding carboxylic acids is 1. The van der Waals surface area contributed by atoms with Gasteiger partial charge in [-0.05, 0) is 40.5 Å². The lowest BCUT2D eigenvalue weighted by Gasteiger charge is -2.07. The molecule has 2 aromatic heterocycles. The average molecular weight is 405 g/mol. The van der Waals surface area contributed by atoms with E-state index in [0.29, 0.717) is 17.9 Å². The van der Waals surface area contributed by atoms with Gasteiger partial charge in [-0.3, -0.25) is 19.6 Å². The first-order valence-electron chi connectivity index (χ1n) is 7.20. The Balaban J connectivity index is 1.70. The van der Waals surface area contributed by atoms with Crippen LogP contribution in [0.5, 0.6) is 0 Å². The van der Waals surface area contributed by atoms with E-state index in [1.54, 1.807) is 40.9 Å². The van der Waals surface area contributed by atoms with Crippen LogP contribution >= 0.6 is 15.9 Å². The van der Waals surface area contributed by atoms with E-state index in [-0.39, 0.29) is 11.4 Å². The van der Waals surface area contributed by atoms with Gasteiger partial charge < -0.3 is 5.32 Å². The fourth-order valence-electron chi connectivity index (χ4n) is 2.21. The molecule has 0 fully saturated rings. The molecular formula is C15H13BrN6O3. The lowest BCUT2D eigenvalue weighted by molar-refractivity contribution is -0.384. The number of hydrogen-bond acceptors (Lipinski definition) is 5. The summed E-state index contributed by atoms with van der Waals surface area (Å²) in [4.78, 5) is 22.6. The summed E-state index contributed by atoms with van der Waals surface area (Å²) in [6.07, 6.45) is 5.13. The molecule has 3 rings (SSSR count). The number of benzene rings is 1. The first-order chi connectivity index (χ1) is 11.9. The van der Waals surface area contributed by atoms with Crippen molar-refractivity contribution in [3.05, 3.63) is 68.7 Å². The van der Waals surface area contributed by atoms with E-state index in [9.17, 15) is 14.9 Å². The predicted molar refractivity (Wildman–Crippen MR) is 93.3 cm³/mol. The first kappa shape index (κ1) is 16.8. The largest absolute Gasteiger partial charge is 0.320 e. The summed E-state index contributed by atoms with van der Waals surface area (Å²) in [6, 6.07) is 5.85. The first-order valence-corrected chi connectivity index (χ1v) is 7.99. The molecular weight excluding hydrogens is 392 g/mol. The van der Waals surface area contributed by atoms with E-state index in [1.165, 1.54) is 18.2 Å². The summed E-state index contributed by atoms with van der Waals surface area (Å²) >= 11 is 3.31. The molecule has 9 nitrogen and oxygen atoms in total. The number of nitro groups is 1. The van der Waals surface area contributed by atoms with Gasteiger partial charge in [-0.2, -0.15) is 10.2 Å². The van der Waals surface area contributed by atoms with E-state index in [0.717, 1.165) is 4.47 Å². The molecule has 0 atom stereocenters. The molecule has 0 unspecified atom stereocenters. The topological polar surface area (TPSA) is 108 Å². The number of nitrogens with zero attached hydrogens (tertiary/aromatic N) is 5. The van der Waals surface area contributed by atoms with Crippen molar-refractivity contribution in [1.82, 2.24) is 19.6 Å². The normalized spacial score (nSPS) is 10.6. The van der Waals surface area contributed by atoms with Gasteiger partial charge in [0.25, 0.3) is 11.6 Å². The standard InChI is InChI=1S/C15H13BrN6O3/c1-10-6-12(22(24)25)2-3-13(10)18-15(23)14-4-5-20(19-14)9-21-8-11(16)7-17-21/h2-8H,9H2,1H3,(H,18,23). The molecule has 0 bridgehead atoms. The zero-order chi connectivity index (χ0) is 18.0. The average Bonchev–Trinajstić information content (AvgIpc) is 3.18. The van der Waals surface area contributed by atoms with Crippen LogP contribution in [0.15, 0.2) is 47.3 Å². The zero-order valence-electron chi connectivity index (χ0n) is 13.1. The minimum atomic E-state index is -0.478. The van der Waals surface area contributed by atoms with Crippen molar-refractivity contribution >= 4 is 33.2 Å². The Hall–Kier alpha value is -3.01. The molecule has 3 aromatic rings. The van der Waals surface area contributed by atoms with Gasteiger partial charge in [0.05, 0.1) is 15.6 Å². The summed E-state index contributed by atoms with van der Waals surface area (Å²) in [6.45, 7) is 2.06. The second kappa shape index (κ2) is 6.85. The maximum atomic E-state index is 12.3. The summed E-state index contributed by atoms with van der Waals surface area (Å²) in [5.41, 5.74) is 1.32. The lowest BCUT2D eigenvalue weighted by Crippen LogP contribution is -2.15. The highest BCUT2D eigenvalue weighted by Crippen LogP contribution is 2.21. The summed E-state index contributed by atoms with van der Waals surface area (Å²) < 4.78 is 4.10. The number of carbonyl (C=O) groups is 1. The van der Waals surface area contributed by atoms with Gasteiger partial charge in [0.2, 0.25) is 0 Å². The maximum Gasteiger partial charge on any atom is 0.276 e. The molecule has 1 amide bonds. The number of nitro benzene ring substituents is 1. The molecule has 0 aliphatic heterocycles. The molecule has 0 aliphatic carbocycles. The Morgan fingerprint density at radius 3 is 2.80 bits per heavy atom. The molecule has 0 aliphatic rings. The Bertz CT molecular complexity index is 948. The van der Waals surface area contributed by atoms with Crippen LogP contribution in [0.2, 0.25) is 0 Å². The Labute approximate surface area is 150 Å². The number of rotatable bonds is 5. The lowest BCUT2D eigenvalue weighted by atomic mass is 10.1. The predicted octanol–water partition coefficient (Wildman–Crippen LogP) is 2.82. The Morgan fingerprint density at radius 2 is 2.16 bits per heavy atom. The number of aromatic nitrogens is 4. The third-order valence-corrected chi connectivity index (χ3v) is 3.84. The van der Waals surface area contributed by atoms with Gasteiger partial charge in [-0.25, -0.2) is 4.68 Å². The van der Waals surface area contributed by atoms with Gasteiger partial charge in [0, 0.05) is 30.2 Å². The summed E-state index contributed by atoms with van der Waals surface area (Å²) in [7, 11) is 0. The molecule has 25 heavy (non-hydrogen) atoms. The van der Waals surface area contributed by atoms with E-state index in [4.69, 9.17) is 0 Å². The number of non-ortho nitro benzene ring substituents is 1. The van der Waals surface area contributed by atoms with Crippen LogP contribution in [0.1, 0.15) is 16.1 Å². The van der Waals surface area contributed by atoms with Crippen LogP contribution in [-0.2, 0) is 6.67 Å². The molecule has 2 heterocycles. The number of nitrogens with one attached hydrogen (secondary N) is 1. The summed E-state index contributed by atoms with van der Waals surface area (Å²) in [5, 5.41) is 21.8. The monoisotopic (exact) mass is 404 g/mol. The van der Waals surface area contributed by atoms with Crippen LogP contribution < -0.4 is 5.32 Å². The minimum Gasteiger partial charge on any atom is -0.320 e. The van der Waals surface area contributed by atoms with Crippen LogP contribution in [0.4, 0.5) is 11.4 Å². The van der Waals surface area contributed by atoms with E-state index in [1.807, 2.05) is 0 Å². The second-order valence-electron chi connectivity index (χ2n) is 5.29. The van der Waals surface area contributed by atoms with Crippen molar-refractivity contribution in [3.8, 4) is 0 Å². The van der Waals surface area contributed by atoms with Crippen molar-refractivity contribution < 1.29 is 9.72 Å². The van der Waals surface area contributed by atoms with Crippen molar-refractivity contribution in [2.75, 3.05) is 5.32 Å².